The van der Waals surface area contributed by atoms with Crippen molar-refractivity contribution in [3.05, 3.63) is 83.4 Å². The minimum absolute atomic E-state index is 0.128. The third-order valence-electron chi connectivity index (χ3n) is 4.75. The fourth-order valence-corrected chi connectivity index (χ4v) is 3.24. The number of pyridine rings is 1. The molecule has 0 spiro atoms. The molecule has 0 aliphatic carbocycles. The molecule has 3 N–H and O–H groups in total. The summed E-state index contributed by atoms with van der Waals surface area (Å²) < 4.78 is 14.0. The van der Waals surface area contributed by atoms with E-state index in [4.69, 9.17) is 5.26 Å². The Bertz CT molecular complexity index is 1260. The Labute approximate surface area is 172 Å². The summed E-state index contributed by atoms with van der Waals surface area (Å²) in [6, 6.07) is 17.3. The maximum Gasteiger partial charge on any atom is 0.136 e. The van der Waals surface area contributed by atoms with Crippen molar-refractivity contribution in [3.8, 4) is 34.2 Å². The van der Waals surface area contributed by atoms with E-state index >= 15 is 0 Å². The van der Waals surface area contributed by atoms with Gasteiger partial charge in [-0.15, -0.1) is 0 Å². The number of anilines is 1. The Morgan fingerprint density at radius 1 is 1.10 bits per heavy atom. The number of hydrogen-bond donors (Lipinski definition) is 3. The first-order valence-corrected chi connectivity index (χ1v) is 9.28. The van der Waals surface area contributed by atoms with Crippen LogP contribution in [0, 0.1) is 24.1 Å². The summed E-state index contributed by atoms with van der Waals surface area (Å²) in [6.45, 7) is 2.40. The summed E-state index contributed by atoms with van der Waals surface area (Å²) in [4.78, 5) is 4.35. The number of phenols is 1. The second-order valence-corrected chi connectivity index (χ2v) is 6.87. The van der Waals surface area contributed by atoms with Gasteiger partial charge in [0.05, 0.1) is 29.6 Å². The van der Waals surface area contributed by atoms with E-state index in [1.54, 1.807) is 18.3 Å². The predicted octanol–water partition coefficient (Wildman–Crippen LogP) is 4.78. The van der Waals surface area contributed by atoms with Crippen LogP contribution in [0.1, 0.15) is 16.8 Å². The van der Waals surface area contributed by atoms with Crippen molar-refractivity contribution >= 4 is 5.82 Å². The minimum Gasteiger partial charge on any atom is -0.508 e. The van der Waals surface area contributed by atoms with E-state index < -0.39 is 5.82 Å². The average Bonchev–Trinajstić information content (AvgIpc) is 3.21. The van der Waals surface area contributed by atoms with Crippen molar-refractivity contribution < 1.29 is 9.50 Å². The zero-order chi connectivity index (χ0) is 21.1. The first-order chi connectivity index (χ1) is 14.5. The zero-order valence-electron chi connectivity index (χ0n) is 16.1. The molecule has 0 bridgehead atoms. The molecule has 4 aromatic rings. The molecule has 6 nitrogen and oxygen atoms in total. The van der Waals surface area contributed by atoms with Gasteiger partial charge in [0.15, 0.2) is 0 Å². The molecule has 2 heterocycles. The van der Waals surface area contributed by atoms with Crippen LogP contribution in [0.4, 0.5) is 10.2 Å². The molecule has 0 radical (unpaired) electrons. The fraction of sp³-hybridized carbons (Fsp3) is 0.0870. The van der Waals surface area contributed by atoms with E-state index in [1.807, 2.05) is 31.2 Å². The highest BCUT2D eigenvalue weighted by atomic mass is 19.1. The molecule has 0 fully saturated rings. The highest BCUT2D eigenvalue weighted by Gasteiger charge is 2.10. The van der Waals surface area contributed by atoms with Gasteiger partial charge in [-0.05, 0) is 66.1 Å². The summed E-state index contributed by atoms with van der Waals surface area (Å²) in [7, 11) is 0. The van der Waals surface area contributed by atoms with Crippen LogP contribution >= 0.6 is 0 Å². The predicted molar refractivity (Wildman–Crippen MR) is 112 cm³/mol. The summed E-state index contributed by atoms with van der Waals surface area (Å²) >= 11 is 0. The number of nitrogens with one attached hydrogen (secondary N) is 2. The molecule has 0 saturated heterocycles. The van der Waals surface area contributed by atoms with Crippen LogP contribution in [-0.2, 0) is 6.54 Å². The molecular formula is C23H18FN5O. The van der Waals surface area contributed by atoms with E-state index in [9.17, 15) is 9.50 Å². The number of aromatic hydroxyl groups is 1. The Morgan fingerprint density at radius 3 is 2.70 bits per heavy atom. The largest absolute Gasteiger partial charge is 0.508 e. The molecular weight excluding hydrogens is 381 g/mol. The summed E-state index contributed by atoms with van der Waals surface area (Å²) in [6.07, 6.45) is 1.72. The molecule has 2 aromatic heterocycles. The molecule has 0 amide bonds. The third kappa shape index (κ3) is 3.98. The van der Waals surface area contributed by atoms with Gasteiger partial charge in [-0.2, -0.15) is 10.4 Å². The fourth-order valence-electron chi connectivity index (χ4n) is 3.24. The van der Waals surface area contributed by atoms with Crippen LogP contribution in [0.3, 0.4) is 0 Å². The van der Waals surface area contributed by atoms with Crippen LogP contribution in [0.25, 0.3) is 22.4 Å². The number of nitriles is 1. The Balaban J connectivity index is 1.49. The number of benzene rings is 2. The van der Waals surface area contributed by atoms with Gasteiger partial charge in [-0.25, -0.2) is 9.37 Å². The van der Waals surface area contributed by atoms with Gasteiger partial charge in [0.1, 0.15) is 17.4 Å². The Hall–Kier alpha value is -4.18. The number of aromatic nitrogens is 3. The Morgan fingerprint density at radius 2 is 1.93 bits per heavy atom. The molecule has 0 unspecified atom stereocenters. The van der Waals surface area contributed by atoms with Crippen molar-refractivity contribution in [3.63, 3.8) is 0 Å². The van der Waals surface area contributed by atoms with E-state index in [1.165, 1.54) is 12.1 Å². The summed E-state index contributed by atoms with van der Waals surface area (Å²) in [5, 5.41) is 28.7. The molecule has 0 aliphatic heterocycles. The van der Waals surface area contributed by atoms with Gasteiger partial charge < -0.3 is 10.4 Å². The second-order valence-electron chi connectivity index (χ2n) is 6.87. The minimum atomic E-state index is -0.534. The number of phenolic OH excluding ortho intramolecular Hbond substituents is 1. The maximum absolute atomic E-state index is 14.0. The lowest BCUT2D eigenvalue weighted by atomic mass is 9.99. The molecule has 7 heteroatoms. The van der Waals surface area contributed by atoms with Crippen LogP contribution in [0.15, 0.2) is 60.8 Å². The van der Waals surface area contributed by atoms with Gasteiger partial charge in [0.2, 0.25) is 0 Å². The van der Waals surface area contributed by atoms with Crippen molar-refractivity contribution in [2.75, 3.05) is 5.32 Å². The number of aromatic amines is 1. The van der Waals surface area contributed by atoms with Gasteiger partial charge in [0, 0.05) is 17.8 Å². The van der Waals surface area contributed by atoms with Gasteiger partial charge in [0.25, 0.3) is 0 Å². The highest BCUT2D eigenvalue weighted by Crippen LogP contribution is 2.27. The van der Waals surface area contributed by atoms with Crippen molar-refractivity contribution in [2.45, 2.75) is 13.5 Å². The van der Waals surface area contributed by atoms with E-state index in [2.05, 4.69) is 26.6 Å². The number of halogens is 1. The zero-order valence-corrected chi connectivity index (χ0v) is 16.1. The van der Waals surface area contributed by atoms with Crippen molar-refractivity contribution in [1.82, 2.24) is 15.2 Å². The standard InChI is InChI=1S/C23H18FN5O/c1-14-8-15(12-25)2-4-19(14)16-6-7-26-23(9-16)27-13-17-10-22(29-28-17)20-5-3-18(30)11-21(20)24/h2-11,30H,13H2,1H3,(H,26,27)(H,28,29). The lowest BCUT2D eigenvalue weighted by molar-refractivity contribution is 0.469. The van der Waals surface area contributed by atoms with Crippen LogP contribution in [0.5, 0.6) is 5.75 Å². The summed E-state index contributed by atoms with van der Waals surface area (Å²) in [5.74, 6) is 0.0218. The van der Waals surface area contributed by atoms with E-state index in [0.717, 1.165) is 28.5 Å². The monoisotopic (exact) mass is 399 g/mol. The van der Waals surface area contributed by atoms with Crippen molar-refractivity contribution in [2.24, 2.45) is 0 Å². The normalized spacial score (nSPS) is 10.6. The van der Waals surface area contributed by atoms with Crippen LogP contribution in [-0.4, -0.2) is 20.3 Å². The molecule has 148 valence electrons. The van der Waals surface area contributed by atoms with Crippen molar-refractivity contribution in [1.29, 1.82) is 5.26 Å². The third-order valence-corrected chi connectivity index (χ3v) is 4.75. The summed E-state index contributed by atoms with van der Waals surface area (Å²) in [5.41, 5.74) is 5.20. The first kappa shape index (κ1) is 19.2. The van der Waals surface area contributed by atoms with Gasteiger partial charge in [-0.1, -0.05) is 6.07 Å². The number of nitrogens with zero attached hydrogens (tertiary/aromatic N) is 3. The van der Waals surface area contributed by atoms with Gasteiger partial charge in [-0.3, -0.25) is 5.10 Å². The number of H-pyrrole nitrogens is 1. The van der Waals surface area contributed by atoms with E-state index in [0.29, 0.717) is 29.2 Å². The Kier molecular flexibility index (Phi) is 5.14. The maximum atomic E-state index is 14.0. The number of rotatable bonds is 5. The smallest absolute Gasteiger partial charge is 0.136 e. The first-order valence-electron chi connectivity index (χ1n) is 9.28. The molecule has 30 heavy (non-hydrogen) atoms. The highest BCUT2D eigenvalue weighted by molar-refractivity contribution is 5.70. The van der Waals surface area contributed by atoms with E-state index in [-0.39, 0.29) is 5.75 Å². The molecule has 4 rings (SSSR count). The molecule has 0 aliphatic rings. The topological polar surface area (TPSA) is 97.6 Å². The lowest BCUT2D eigenvalue weighted by Crippen LogP contribution is -2.01. The SMILES string of the molecule is Cc1cc(C#N)ccc1-c1ccnc(NCc2cc(-c3ccc(O)cc3F)n[nH]2)c1. The number of hydrogen-bond acceptors (Lipinski definition) is 5. The van der Waals surface area contributed by atoms with Crippen LogP contribution in [0.2, 0.25) is 0 Å². The quantitative estimate of drug-likeness (QED) is 0.449. The van der Waals surface area contributed by atoms with Gasteiger partial charge >= 0.3 is 0 Å². The second kappa shape index (κ2) is 8.05. The lowest BCUT2D eigenvalue weighted by Gasteiger charge is -2.09. The number of aryl methyl sites for hydroxylation is 1. The molecule has 0 atom stereocenters. The molecule has 2 aromatic carbocycles. The van der Waals surface area contributed by atoms with Crippen LogP contribution < -0.4 is 5.32 Å². The average molecular weight is 399 g/mol. The molecule has 0 saturated carbocycles.